The van der Waals surface area contributed by atoms with E-state index in [1.54, 1.807) is 12.1 Å². The summed E-state index contributed by atoms with van der Waals surface area (Å²) < 4.78 is 33.0. The second-order valence-electron chi connectivity index (χ2n) is 10.6. The van der Waals surface area contributed by atoms with Crippen LogP contribution in [0.25, 0.3) is 0 Å². The number of carbonyl (C=O) groups is 1. The summed E-state index contributed by atoms with van der Waals surface area (Å²) in [5.74, 6) is -2.42. The number of aliphatic hydroxyl groups is 8. The topological polar surface area (TPSA) is 255 Å². The molecule has 2 aromatic rings. The minimum atomic E-state index is -1.74. The molecular weight excluding hydrogens is 592 g/mol. The van der Waals surface area contributed by atoms with Gasteiger partial charge in [0, 0.05) is 6.07 Å². The van der Waals surface area contributed by atoms with Crippen molar-refractivity contribution in [2.45, 2.75) is 67.3 Å². The van der Waals surface area contributed by atoms with Crippen molar-refractivity contribution < 1.29 is 79.2 Å². The van der Waals surface area contributed by atoms with E-state index in [-0.39, 0.29) is 35.2 Å². The summed E-state index contributed by atoms with van der Waals surface area (Å²) in [4.78, 5) is 13.6. The molecule has 0 unspecified atom stereocenters. The lowest BCUT2D eigenvalue weighted by Gasteiger charge is -2.39. The minimum absolute atomic E-state index is 0.0632. The predicted molar refractivity (Wildman–Crippen MR) is 142 cm³/mol. The van der Waals surface area contributed by atoms with E-state index in [9.17, 15) is 50.8 Å². The van der Waals surface area contributed by atoms with Crippen molar-refractivity contribution in [3.63, 3.8) is 0 Å². The Kier molecular flexibility index (Phi) is 9.47. The van der Waals surface area contributed by atoms with Crippen LogP contribution in [-0.4, -0.2) is 140 Å². The molecule has 2 fully saturated rings. The summed E-state index contributed by atoms with van der Waals surface area (Å²) in [7, 11) is 1.20. The van der Waals surface area contributed by atoms with Crippen LogP contribution in [0.5, 0.6) is 28.7 Å². The Bertz CT molecular complexity index is 1320. The summed E-state index contributed by atoms with van der Waals surface area (Å²) >= 11 is 0. The van der Waals surface area contributed by atoms with Crippen molar-refractivity contribution in [3.05, 3.63) is 41.5 Å². The first-order chi connectivity index (χ1) is 21.0. The fourth-order valence-corrected chi connectivity index (χ4v) is 5.28. The Balaban J connectivity index is 1.33. The summed E-state index contributed by atoms with van der Waals surface area (Å²) in [5, 5.41) is 90.4. The minimum Gasteiger partial charge on any atom is -0.504 e. The number of ketones is 1. The van der Waals surface area contributed by atoms with Gasteiger partial charge in [-0.2, -0.15) is 0 Å². The van der Waals surface area contributed by atoms with Crippen molar-refractivity contribution in [1.82, 2.24) is 0 Å². The highest BCUT2D eigenvalue weighted by molar-refractivity contribution is 6.07. The first kappa shape index (κ1) is 32.1. The predicted octanol–water partition coefficient (Wildman–Crippen LogP) is -2.88. The van der Waals surface area contributed by atoms with E-state index in [1.807, 2.05) is 0 Å². The van der Waals surface area contributed by atoms with E-state index >= 15 is 0 Å². The van der Waals surface area contributed by atoms with Crippen LogP contribution in [0.2, 0.25) is 0 Å². The Morgan fingerprint density at radius 2 is 1.34 bits per heavy atom. The Hall–Kier alpha value is -3.29. The highest BCUT2D eigenvalue weighted by Gasteiger charge is 2.46. The molecule has 0 amide bonds. The van der Waals surface area contributed by atoms with Gasteiger partial charge in [0.25, 0.3) is 0 Å². The summed E-state index contributed by atoms with van der Waals surface area (Å²) in [6, 6.07) is 7.26. The number of phenols is 1. The van der Waals surface area contributed by atoms with Gasteiger partial charge in [-0.25, -0.2) is 0 Å². The van der Waals surface area contributed by atoms with Crippen LogP contribution in [0.3, 0.4) is 0 Å². The number of ether oxygens (including phenoxy) is 6. The third-order valence-corrected chi connectivity index (χ3v) is 7.83. The molecule has 16 nitrogen and oxygen atoms in total. The van der Waals surface area contributed by atoms with Crippen molar-refractivity contribution in [2.75, 3.05) is 26.9 Å². The monoisotopic (exact) mass is 626 g/mol. The van der Waals surface area contributed by atoms with Crippen molar-refractivity contribution in [1.29, 1.82) is 0 Å². The number of carbonyl (C=O) groups excluding carboxylic acids is 1. The summed E-state index contributed by atoms with van der Waals surface area (Å²) in [5.41, 5.74) is 0.266. The largest absolute Gasteiger partial charge is 0.504 e. The van der Waals surface area contributed by atoms with Gasteiger partial charge in [-0.15, -0.1) is 0 Å². The average Bonchev–Trinajstić information content (AvgIpc) is 3.02. The maximum Gasteiger partial charge on any atom is 0.229 e. The molecule has 3 aliphatic rings. The van der Waals surface area contributed by atoms with Crippen molar-refractivity contribution in [2.24, 2.45) is 0 Å². The van der Waals surface area contributed by atoms with Gasteiger partial charge >= 0.3 is 0 Å². The number of hydrogen-bond donors (Lipinski definition) is 9. The molecule has 0 bridgehead atoms. The lowest BCUT2D eigenvalue weighted by Crippen LogP contribution is -2.60. The zero-order valence-electron chi connectivity index (χ0n) is 23.2. The Labute approximate surface area is 249 Å². The van der Waals surface area contributed by atoms with Crippen LogP contribution >= 0.6 is 0 Å². The number of phenolic OH excluding ortho intramolecular Hbond substituents is 1. The van der Waals surface area contributed by atoms with Gasteiger partial charge < -0.3 is 74.4 Å². The quantitative estimate of drug-likeness (QED) is 0.143. The normalized spacial score (nSPS) is 35.4. The first-order valence-electron chi connectivity index (χ1n) is 13.7. The standard InChI is InChI=1S/C28H34O16/c1-39-26-14(42-28-25(38)23(36)20(33)16(8-30)44-28)6-13-17(21(26)34)18(31)12(9-40-13)10-2-4-11(5-3-10)41-27-24(37)22(35)19(32)15(7-29)43-27/h2-6,12,15-16,19-20,22-25,27-30,32-38H,7-9H2,1H3/t12-,15-,16-,19-,20-,22+,23+,24-,25-,27-,28-/m1/s1. The molecule has 0 saturated carbocycles. The van der Waals surface area contributed by atoms with Crippen LogP contribution in [-0.2, 0) is 9.47 Å². The molecule has 0 aromatic heterocycles. The van der Waals surface area contributed by atoms with Crippen molar-refractivity contribution in [3.8, 4) is 28.7 Å². The zero-order valence-corrected chi connectivity index (χ0v) is 23.2. The molecule has 2 saturated heterocycles. The van der Waals surface area contributed by atoms with Crippen LogP contribution in [0.1, 0.15) is 21.8 Å². The summed E-state index contributed by atoms with van der Waals surface area (Å²) in [6.45, 7) is -1.45. The summed E-state index contributed by atoms with van der Waals surface area (Å²) in [6.07, 6.45) is -15.2. The third kappa shape index (κ3) is 5.77. The Morgan fingerprint density at radius 3 is 1.86 bits per heavy atom. The number of methoxy groups -OCH3 is 1. The number of benzene rings is 2. The van der Waals surface area contributed by atoms with E-state index in [1.165, 1.54) is 25.3 Å². The second kappa shape index (κ2) is 13.0. The number of rotatable bonds is 8. The van der Waals surface area contributed by atoms with Crippen LogP contribution in [0.15, 0.2) is 30.3 Å². The molecule has 242 valence electrons. The van der Waals surface area contributed by atoms with Crippen LogP contribution < -0.4 is 18.9 Å². The molecule has 3 heterocycles. The highest BCUT2D eigenvalue weighted by Crippen LogP contribution is 2.49. The molecule has 5 rings (SSSR count). The lowest BCUT2D eigenvalue weighted by atomic mass is 9.88. The molecular formula is C28H34O16. The average molecular weight is 627 g/mol. The SMILES string of the molecule is COc1c(O[C@@H]2O[C@H](CO)[C@@H](O)[C@H](O)[C@H]2O)cc2c(c1O)C(=O)[C@@H](c1ccc(O[C@@H]3O[C@H](CO)[C@@H](O)[C@H](O)[C@H]3O)cc1)CO2. The molecule has 11 atom stereocenters. The molecule has 44 heavy (non-hydrogen) atoms. The van der Waals surface area contributed by atoms with Gasteiger partial charge in [0.05, 0.1) is 26.2 Å². The molecule has 9 N–H and O–H groups in total. The molecule has 0 aliphatic carbocycles. The van der Waals surface area contributed by atoms with Gasteiger partial charge in [0.2, 0.25) is 18.3 Å². The van der Waals surface area contributed by atoms with Gasteiger partial charge in [0.15, 0.2) is 17.3 Å². The number of aromatic hydroxyl groups is 1. The van der Waals surface area contributed by atoms with Crippen LogP contribution in [0.4, 0.5) is 0 Å². The van der Waals surface area contributed by atoms with Crippen molar-refractivity contribution >= 4 is 5.78 Å². The zero-order chi connectivity index (χ0) is 31.9. The van der Waals surface area contributed by atoms with E-state index < -0.39 is 92.1 Å². The highest BCUT2D eigenvalue weighted by atomic mass is 16.7. The van der Waals surface area contributed by atoms with E-state index in [4.69, 9.17) is 28.4 Å². The van der Waals surface area contributed by atoms with E-state index in [0.717, 1.165) is 0 Å². The van der Waals surface area contributed by atoms with Crippen LogP contribution in [0, 0.1) is 0 Å². The Morgan fingerprint density at radius 1 is 0.795 bits per heavy atom. The third-order valence-electron chi connectivity index (χ3n) is 7.83. The molecule has 0 radical (unpaired) electrons. The fraction of sp³-hybridized carbons (Fsp3) is 0.536. The maximum atomic E-state index is 13.6. The van der Waals surface area contributed by atoms with E-state index in [0.29, 0.717) is 5.56 Å². The molecule has 3 aliphatic heterocycles. The lowest BCUT2D eigenvalue weighted by molar-refractivity contribution is -0.277. The molecule has 0 spiro atoms. The molecule has 2 aromatic carbocycles. The van der Waals surface area contributed by atoms with E-state index in [2.05, 4.69) is 0 Å². The molecule has 16 heteroatoms. The number of hydrogen-bond acceptors (Lipinski definition) is 16. The smallest absolute Gasteiger partial charge is 0.229 e. The second-order valence-corrected chi connectivity index (χ2v) is 10.6. The maximum absolute atomic E-state index is 13.6. The number of aliphatic hydroxyl groups excluding tert-OH is 8. The fourth-order valence-electron chi connectivity index (χ4n) is 5.28. The van der Waals surface area contributed by atoms with Gasteiger partial charge in [-0.05, 0) is 17.7 Å². The van der Waals surface area contributed by atoms with Gasteiger partial charge in [0.1, 0.15) is 72.5 Å². The number of fused-ring (bicyclic) bond motifs is 1. The number of Topliss-reactive ketones (excluding diaryl/α,β-unsaturated/α-hetero) is 1. The van der Waals surface area contributed by atoms with Gasteiger partial charge in [-0.1, -0.05) is 12.1 Å². The first-order valence-corrected chi connectivity index (χ1v) is 13.7. The van der Waals surface area contributed by atoms with Gasteiger partial charge in [-0.3, -0.25) is 4.79 Å².